The van der Waals surface area contributed by atoms with E-state index in [-0.39, 0.29) is 13.3 Å². The molecule has 3 aromatic rings. The number of para-hydroxylation sites is 1. The molecule has 3 amide bonds. The van der Waals surface area contributed by atoms with Crippen LogP contribution in [-0.4, -0.2) is 18.7 Å². The lowest BCUT2D eigenvalue weighted by atomic mass is 10.2. The lowest BCUT2D eigenvalue weighted by molar-refractivity contribution is -0.113. The monoisotopic (exact) mass is 390 g/mol. The number of imide groups is 1. The average Bonchev–Trinajstić information content (AvgIpc) is 3.43. The number of furan rings is 1. The molecule has 0 saturated carbocycles. The van der Waals surface area contributed by atoms with Gasteiger partial charge in [0.05, 0.1) is 18.5 Å². The third-order valence-corrected chi connectivity index (χ3v) is 4.25. The number of hydrogen-bond acceptors (Lipinski definition) is 5. The van der Waals surface area contributed by atoms with E-state index in [2.05, 4.69) is 5.32 Å². The Labute approximate surface area is 167 Å². The zero-order chi connectivity index (χ0) is 20.1. The fraction of sp³-hybridized carbons (Fsp3) is 0.0909. The molecule has 1 aromatic heterocycles. The molecule has 29 heavy (non-hydrogen) atoms. The van der Waals surface area contributed by atoms with E-state index in [0.29, 0.717) is 22.9 Å². The highest BCUT2D eigenvalue weighted by atomic mass is 16.7. The molecule has 146 valence electrons. The number of rotatable bonds is 5. The number of nitrogens with one attached hydrogen (secondary N) is 1. The maximum atomic E-state index is 12.9. The predicted molar refractivity (Wildman–Crippen MR) is 106 cm³/mol. The van der Waals surface area contributed by atoms with Crippen LogP contribution in [0.5, 0.6) is 11.5 Å². The number of benzene rings is 2. The molecule has 0 saturated heterocycles. The van der Waals surface area contributed by atoms with Crippen LogP contribution >= 0.6 is 0 Å². The van der Waals surface area contributed by atoms with E-state index in [1.165, 1.54) is 12.3 Å². The second kappa shape index (κ2) is 8.35. The van der Waals surface area contributed by atoms with Crippen molar-refractivity contribution >= 4 is 23.7 Å². The van der Waals surface area contributed by atoms with Crippen molar-refractivity contribution in [1.82, 2.24) is 5.32 Å². The summed E-state index contributed by atoms with van der Waals surface area (Å²) in [6.45, 7) is 0.355. The van der Waals surface area contributed by atoms with E-state index >= 15 is 0 Å². The molecule has 0 spiro atoms. The number of fused-ring (bicyclic) bond motifs is 1. The molecule has 1 N–H and O–H groups in total. The van der Waals surface area contributed by atoms with Crippen molar-refractivity contribution in [1.29, 1.82) is 0 Å². The van der Waals surface area contributed by atoms with Gasteiger partial charge in [0.25, 0.3) is 5.91 Å². The Kier molecular flexibility index (Phi) is 5.29. The molecule has 0 unspecified atom stereocenters. The fourth-order valence-corrected chi connectivity index (χ4v) is 2.84. The Morgan fingerprint density at radius 2 is 1.83 bits per heavy atom. The molecule has 0 atom stereocenters. The van der Waals surface area contributed by atoms with Gasteiger partial charge in [-0.15, -0.1) is 0 Å². The van der Waals surface area contributed by atoms with E-state index in [9.17, 15) is 9.59 Å². The van der Waals surface area contributed by atoms with Gasteiger partial charge in [-0.05, 0) is 48.0 Å². The summed E-state index contributed by atoms with van der Waals surface area (Å²) in [7, 11) is 0. The first-order valence-electron chi connectivity index (χ1n) is 8.98. The van der Waals surface area contributed by atoms with Gasteiger partial charge >= 0.3 is 6.03 Å². The van der Waals surface area contributed by atoms with Crippen molar-refractivity contribution in [2.45, 2.75) is 6.54 Å². The summed E-state index contributed by atoms with van der Waals surface area (Å²) < 4.78 is 15.8. The van der Waals surface area contributed by atoms with Crippen LogP contribution in [0, 0.1) is 0 Å². The van der Waals surface area contributed by atoms with Gasteiger partial charge in [-0.3, -0.25) is 4.79 Å². The topological polar surface area (TPSA) is 81.0 Å². The van der Waals surface area contributed by atoms with Crippen LogP contribution in [0.25, 0.3) is 6.08 Å². The molecule has 0 radical (unpaired) electrons. The van der Waals surface area contributed by atoms with E-state index < -0.39 is 11.9 Å². The Morgan fingerprint density at radius 1 is 1.00 bits per heavy atom. The van der Waals surface area contributed by atoms with Crippen LogP contribution < -0.4 is 19.7 Å². The van der Waals surface area contributed by atoms with Crippen molar-refractivity contribution in [3.05, 3.63) is 84.3 Å². The third kappa shape index (κ3) is 4.30. The van der Waals surface area contributed by atoms with Gasteiger partial charge in [-0.1, -0.05) is 24.3 Å². The summed E-state index contributed by atoms with van der Waals surface area (Å²) >= 11 is 0. The Balaban J connectivity index is 1.52. The van der Waals surface area contributed by atoms with Gasteiger partial charge in [0, 0.05) is 6.08 Å². The summed E-state index contributed by atoms with van der Waals surface area (Å²) in [4.78, 5) is 26.7. The fourth-order valence-electron chi connectivity index (χ4n) is 2.84. The van der Waals surface area contributed by atoms with Gasteiger partial charge in [-0.2, -0.15) is 0 Å². The number of urea groups is 1. The van der Waals surface area contributed by atoms with Crippen LogP contribution in [0.1, 0.15) is 11.3 Å². The second-order valence-electron chi connectivity index (χ2n) is 6.19. The summed E-state index contributed by atoms with van der Waals surface area (Å²) in [5.41, 5.74) is 1.22. The Hall–Kier alpha value is -4.00. The van der Waals surface area contributed by atoms with E-state index in [1.54, 1.807) is 60.7 Å². The van der Waals surface area contributed by atoms with Gasteiger partial charge in [0.2, 0.25) is 6.79 Å². The van der Waals surface area contributed by atoms with Crippen molar-refractivity contribution < 1.29 is 23.5 Å². The summed E-state index contributed by atoms with van der Waals surface area (Å²) in [6.07, 6.45) is 4.49. The maximum absolute atomic E-state index is 12.9. The molecular weight excluding hydrogens is 372 g/mol. The van der Waals surface area contributed by atoms with Crippen LogP contribution in [0.4, 0.5) is 10.5 Å². The van der Waals surface area contributed by atoms with E-state index in [1.807, 2.05) is 6.07 Å². The molecule has 1 aliphatic heterocycles. The molecule has 2 aromatic carbocycles. The highest BCUT2D eigenvalue weighted by Crippen LogP contribution is 2.32. The molecule has 0 aliphatic carbocycles. The zero-order valence-electron chi connectivity index (χ0n) is 15.4. The predicted octanol–water partition coefficient (Wildman–Crippen LogP) is 3.96. The first-order valence-corrected chi connectivity index (χ1v) is 8.98. The first kappa shape index (κ1) is 18.4. The SMILES string of the molecule is O=C(C=Cc1ccc2c(c1)OCO2)N(C(=O)NCc1ccco1)c1ccccc1. The molecule has 0 fully saturated rings. The molecule has 0 bridgehead atoms. The summed E-state index contributed by atoms with van der Waals surface area (Å²) in [6, 6.07) is 17.0. The zero-order valence-corrected chi connectivity index (χ0v) is 15.4. The lowest BCUT2D eigenvalue weighted by Gasteiger charge is -2.19. The van der Waals surface area contributed by atoms with Crippen molar-refractivity contribution in [2.75, 3.05) is 11.7 Å². The quantitative estimate of drug-likeness (QED) is 0.667. The number of nitrogens with zero attached hydrogens (tertiary/aromatic N) is 1. The van der Waals surface area contributed by atoms with Crippen molar-refractivity contribution in [3.8, 4) is 11.5 Å². The molecular formula is C22H18N2O5. The Bertz CT molecular complexity index is 1030. The Morgan fingerprint density at radius 3 is 2.62 bits per heavy atom. The largest absolute Gasteiger partial charge is 0.467 e. The second-order valence-corrected chi connectivity index (χ2v) is 6.19. The van der Waals surface area contributed by atoms with Gasteiger partial charge in [0.15, 0.2) is 11.5 Å². The molecule has 1 aliphatic rings. The van der Waals surface area contributed by atoms with Crippen molar-refractivity contribution in [3.63, 3.8) is 0 Å². The maximum Gasteiger partial charge on any atom is 0.329 e. The minimum Gasteiger partial charge on any atom is -0.467 e. The average molecular weight is 390 g/mol. The minimum atomic E-state index is -0.548. The normalized spacial score (nSPS) is 12.1. The number of hydrogen-bond donors (Lipinski definition) is 1. The minimum absolute atomic E-state index is 0.175. The first-order chi connectivity index (χ1) is 14.2. The number of ether oxygens (including phenoxy) is 2. The van der Waals surface area contributed by atoms with E-state index in [4.69, 9.17) is 13.9 Å². The van der Waals surface area contributed by atoms with Gasteiger partial charge in [-0.25, -0.2) is 9.69 Å². The van der Waals surface area contributed by atoms with Crippen LogP contribution in [0.3, 0.4) is 0 Å². The van der Waals surface area contributed by atoms with Gasteiger partial charge in [0.1, 0.15) is 5.76 Å². The highest BCUT2D eigenvalue weighted by molar-refractivity contribution is 6.19. The van der Waals surface area contributed by atoms with Crippen LogP contribution in [0.15, 0.2) is 77.4 Å². The third-order valence-electron chi connectivity index (χ3n) is 4.25. The molecule has 7 heteroatoms. The standard InChI is InChI=1S/C22H18N2O5/c25-21(11-9-16-8-10-19-20(13-16)29-15-28-19)24(17-5-2-1-3-6-17)22(26)23-14-18-7-4-12-27-18/h1-13H,14-15H2,(H,23,26). The van der Waals surface area contributed by atoms with Crippen LogP contribution in [0.2, 0.25) is 0 Å². The van der Waals surface area contributed by atoms with Crippen molar-refractivity contribution in [2.24, 2.45) is 0 Å². The number of carbonyl (C=O) groups excluding carboxylic acids is 2. The summed E-state index contributed by atoms with van der Waals surface area (Å²) in [5, 5.41) is 2.70. The van der Waals surface area contributed by atoms with Gasteiger partial charge < -0.3 is 19.2 Å². The molecule has 7 nitrogen and oxygen atoms in total. The molecule has 2 heterocycles. The number of carbonyl (C=O) groups is 2. The smallest absolute Gasteiger partial charge is 0.329 e. The number of amides is 3. The van der Waals surface area contributed by atoms with E-state index in [0.717, 1.165) is 10.5 Å². The van der Waals surface area contributed by atoms with Crippen LogP contribution in [-0.2, 0) is 11.3 Å². The highest BCUT2D eigenvalue weighted by Gasteiger charge is 2.21. The summed E-state index contributed by atoms with van der Waals surface area (Å²) in [5.74, 6) is 1.40. The lowest BCUT2D eigenvalue weighted by Crippen LogP contribution is -2.43. The molecule has 4 rings (SSSR count). The number of anilines is 1.